The molecule has 0 saturated heterocycles. The van der Waals surface area contributed by atoms with Crippen molar-refractivity contribution in [2.24, 2.45) is 0 Å². The first-order valence-electron chi connectivity index (χ1n) is 5.57. The molecule has 0 amide bonds. The van der Waals surface area contributed by atoms with Crippen LogP contribution in [0.3, 0.4) is 0 Å². The van der Waals surface area contributed by atoms with E-state index in [0.717, 1.165) is 24.3 Å². The van der Waals surface area contributed by atoms with Crippen LogP contribution in [0.4, 0.5) is 18.9 Å². The quantitative estimate of drug-likeness (QED) is 0.355. The minimum Gasteiger partial charge on any atom is -0.451 e. The molecule has 0 fully saturated rings. The van der Waals surface area contributed by atoms with Gasteiger partial charge >= 0.3 is 0 Å². The third-order valence-corrected chi connectivity index (χ3v) is 3.16. The second-order valence-electron chi connectivity index (χ2n) is 4.06. The van der Waals surface area contributed by atoms with Gasteiger partial charge in [0, 0.05) is 17.7 Å². The molecule has 110 valence electrons. The summed E-state index contributed by atoms with van der Waals surface area (Å²) in [4.78, 5) is 9.84. The molecule has 0 aliphatic carbocycles. The smallest absolute Gasteiger partial charge is 0.269 e. The number of rotatable bonds is 3. The fourth-order valence-electron chi connectivity index (χ4n) is 1.57. The normalized spacial score (nSPS) is 10.5. The van der Waals surface area contributed by atoms with Crippen LogP contribution < -0.4 is 4.74 Å². The van der Waals surface area contributed by atoms with Gasteiger partial charge in [0.1, 0.15) is 5.75 Å². The first-order chi connectivity index (χ1) is 9.82. The molecular weight excluding hydrogens is 311 g/mol. The van der Waals surface area contributed by atoms with Crippen LogP contribution in [0.25, 0.3) is 0 Å². The molecule has 0 spiro atoms. The minimum absolute atomic E-state index is 0.0838. The Balaban J connectivity index is 2.42. The van der Waals surface area contributed by atoms with Crippen molar-refractivity contribution in [2.75, 3.05) is 0 Å². The van der Waals surface area contributed by atoms with Crippen LogP contribution in [0.15, 0.2) is 24.3 Å². The van der Waals surface area contributed by atoms with Crippen molar-refractivity contribution < 1.29 is 22.8 Å². The number of nitro groups is 1. The van der Waals surface area contributed by atoms with Gasteiger partial charge in [-0.3, -0.25) is 10.1 Å². The highest BCUT2D eigenvalue weighted by atomic mass is 35.5. The number of nitro benzene ring substituents is 1. The van der Waals surface area contributed by atoms with Gasteiger partial charge in [-0.1, -0.05) is 11.6 Å². The summed E-state index contributed by atoms with van der Waals surface area (Å²) in [5.74, 6) is -5.17. The minimum atomic E-state index is -1.57. The van der Waals surface area contributed by atoms with Crippen molar-refractivity contribution in [2.45, 2.75) is 6.92 Å². The molecule has 0 N–H and O–H groups in total. The molecule has 0 radical (unpaired) electrons. The second kappa shape index (κ2) is 5.61. The summed E-state index contributed by atoms with van der Waals surface area (Å²) < 4.78 is 45.9. The van der Waals surface area contributed by atoms with Crippen LogP contribution in [-0.4, -0.2) is 4.92 Å². The van der Waals surface area contributed by atoms with Gasteiger partial charge in [-0.2, -0.15) is 4.39 Å². The first-order valence-corrected chi connectivity index (χ1v) is 5.95. The van der Waals surface area contributed by atoms with Gasteiger partial charge in [0.15, 0.2) is 11.6 Å². The van der Waals surface area contributed by atoms with E-state index in [9.17, 15) is 23.3 Å². The molecule has 0 heterocycles. The third-order valence-electron chi connectivity index (χ3n) is 2.71. The lowest BCUT2D eigenvalue weighted by atomic mass is 10.2. The number of hydrogen-bond donors (Lipinski definition) is 0. The molecule has 21 heavy (non-hydrogen) atoms. The molecule has 8 heteroatoms. The number of nitrogens with zero attached hydrogens (tertiary/aromatic N) is 1. The Bertz CT molecular complexity index is 691. The lowest BCUT2D eigenvalue weighted by molar-refractivity contribution is -0.384. The predicted molar refractivity (Wildman–Crippen MR) is 69.2 cm³/mol. The molecule has 0 aliphatic rings. The zero-order valence-electron chi connectivity index (χ0n) is 10.5. The number of benzene rings is 2. The van der Waals surface area contributed by atoms with Crippen molar-refractivity contribution in [3.8, 4) is 11.5 Å². The largest absolute Gasteiger partial charge is 0.451 e. The number of halogens is 4. The summed E-state index contributed by atoms with van der Waals surface area (Å²) in [5, 5.41) is 9.82. The first kappa shape index (κ1) is 15.1. The lowest BCUT2D eigenvalue weighted by Crippen LogP contribution is -2.00. The average molecular weight is 318 g/mol. The Morgan fingerprint density at radius 1 is 1.10 bits per heavy atom. The van der Waals surface area contributed by atoms with E-state index in [2.05, 4.69) is 0 Å². The summed E-state index contributed by atoms with van der Waals surface area (Å²) in [7, 11) is 0. The van der Waals surface area contributed by atoms with Crippen LogP contribution in [0, 0.1) is 34.5 Å². The maximum Gasteiger partial charge on any atom is 0.269 e. The van der Waals surface area contributed by atoms with E-state index in [1.54, 1.807) is 0 Å². The molecule has 2 aromatic rings. The molecule has 0 bridgehead atoms. The van der Waals surface area contributed by atoms with Gasteiger partial charge in [0.05, 0.1) is 9.95 Å². The van der Waals surface area contributed by atoms with E-state index < -0.39 is 33.1 Å². The number of ether oxygens (including phenoxy) is 1. The van der Waals surface area contributed by atoms with Gasteiger partial charge in [-0.05, 0) is 19.1 Å². The Labute approximate surface area is 121 Å². The summed E-state index contributed by atoms with van der Waals surface area (Å²) >= 11 is 5.43. The van der Waals surface area contributed by atoms with Crippen molar-refractivity contribution in [1.82, 2.24) is 0 Å². The fraction of sp³-hybridized carbons (Fsp3) is 0.0769. The van der Waals surface area contributed by atoms with Gasteiger partial charge in [0.2, 0.25) is 11.6 Å². The molecule has 0 atom stereocenters. The molecule has 2 rings (SSSR count). The Kier molecular flexibility index (Phi) is 4.04. The van der Waals surface area contributed by atoms with E-state index in [-0.39, 0.29) is 17.0 Å². The van der Waals surface area contributed by atoms with E-state index in [1.807, 2.05) is 0 Å². The SMILES string of the molecule is Cc1c(F)c(Oc2ccc([N+](=O)[O-])cc2)c(F)c(F)c1Cl. The van der Waals surface area contributed by atoms with E-state index in [0.29, 0.717) is 0 Å². The van der Waals surface area contributed by atoms with E-state index >= 15 is 0 Å². The van der Waals surface area contributed by atoms with Gasteiger partial charge < -0.3 is 4.74 Å². The maximum absolute atomic E-state index is 13.9. The van der Waals surface area contributed by atoms with E-state index in [1.165, 1.54) is 6.92 Å². The molecule has 0 aromatic heterocycles. The van der Waals surface area contributed by atoms with Crippen LogP contribution >= 0.6 is 11.6 Å². The number of non-ortho nitro benzene ring substituents is 1. The van der Waals surface area contributed by atoms with Gasteiger partial charge in [0.25, 0.3) is 5.69 Å². The van der Waals surface area contributed by atoms with Crippen LogP contribution in [0.2, 0.25) is 5.02 Å². The highest BCUT2D eigenvalue weighted by Crippen LogP contribution is 2.36. The molecule has 2 aromatic carbocycles. The Morgan fingerprint density at radius 2 is 1.67 bits per heavy atom. The van der Waals surface area contributed by atoms with Crippen LogP contribution in [0.1, 0.15) is 5.56 Å². The summed E-state index contributed by atoms with van der Waals surface area (Å²) in [6, 6.07) is 4.45. The highest BCUT2D eigenvalue weighted by molar-refractivity contribution is 6.31. The van der Waals surface area contributed by atoms with Crippen molar-refractivity contribution in [3.05, 3.63) is 62.4 Å². The lowest BCUT2D eigenvalue weighted by Gasteiger charge is -2.11. The fourth-order valence-corrected chi connectivity index (χ4v) is 1.73. The Morgan fingerprint density at radius 3 is 2.19 bits per heavy atom. The van der Waals surface area contributed by atoms with Crippen LogP contribution in [-0.2, 0) is 0 Å². The zero-order chi connectivity index (χ0) is 15.7. The van der Waals surface area contributed by atoms with Crippen molar-refractivity contribution in [1.29, 1.82) is 0 Å². The highest BCUT2D eigenvalue weighted by Gasteiger charge is 2.23. The van der Waals surface area contributed by atoms with Gasteiger partial charge in [-0.25, -0.2) is 8.78 Å². The maximum atomic E-state index is 13.9. The summed E-state index contributed by atoms with van der Waals surface area (Å²) in [6.07, 6.45) is 0. The van der Waals surface area contributed by atoms with Crippen LogP contribution in [0.5, 0.6) is 11.5 Å². The van der Waals surface area contributed by atoms with Crippen molar-refractivity contribution in [3.63, 3.8) is 0 Å². The van der Waals surface area contributed by atoms with E-state index in [4.69, 9.17) is 16.3 Å². The molecule has 4 nitrogen and oxygen atoms in total. The summed E-state index contributed by atoms with van der Waals surface area (Å²) in [6.45, 7) is 1.17. The molecule has 0 unspecified atom stereocenters. The van der Waals surface area contributed by atoms with Gasteiger partial charge in [-0.15, -0.1) is 0 Å². The Hall–Kier alpha value is -2.28. The molecular formula is C13H7ClF3NO3. The topological polar surface area (TPSA) is 52.4 Å². The second-order valence-corrected chi connectivity index (χ2v) is 4.44. The summed E-state index contributed by atoms with van der Waals surface area (Å²) in [5.41, 5.74) is -0.519. The third kappa shape index (κ3) is 2.78. The number of hydrogen-bond acceptors (Lipinski definition) is 3. The monoisotopic (exact) mass is 317 g/mol. The average Bonchev–Trinajstić information content (AvgIpc) is 2.48. The zero-order valence-corrected chi connectivity index (χ0v) is 11.2. The van der Waals surface area contributed by atoms with Crippen molar-refractivity contribution >= 4 is 17.3 Å². The predicted octanol–water partition coefficient (Wildman–Crippen LogP) is 4.77. The molecule has 0 saturated carbocycles. The molecule has 0 aliphatic heterocycles. The standard InChI is InChI=1S/C13H7ClF3NO3/c1-6-9(14)11(16)12(17)13(10(6)15)21-8-4-2-7(3-5-8)18(19)20/h2-5H,1H3.